The fraction of sp³-hybridized carbons (Fsp3) is 0.261. The highest BCUT2D eigenvalue weighted by Gasteiger charge is 2.18. The number of benzene rings is 2. The minimum atomic E-state index is -0.205. The molecule has 1 fully saturated rings. The van der Waals surface area contributed by atoms with Crippen molar-refractivity contribution < 1.29 is 4.79 Å². The second-order valence-electron chi connectivity index (χ2n) is 7.20. The molecule has 142 valence electrons. The number of nitrogens with one attached hydrogen (secondary N) is 2. The van der Waals surface area contributed by atoms with Crippen LogP contribution in [0.15, 0.2) is 60.7 Å². The Morgan fingerprint density at radius 2 is 1.68 bits per heavy atom. The molecule has 0 bridgehead atoms. The molecule has 4 rings (SSSR count). The van der Waals surface area contributed by atoms with Gasteiger partial charge in [-0.15, -0.1) is 0 Å². The summed E-state index contributed by atoms with van der Waals surface area (Å²) in [4.78, 5) is 17.8. The van der Waals surface area contributed by atoms with Crippen LogP contribution in [-0.4, -0.2) is 22.0 Å². The van der Waals surface area contributed by atoms with Crippen molar-refractivity contribution in [2.45, 2.75) is 38.1 Å². The molecular weight excluding hydrogens is 366 g/mol. The zero-order valence-electron chi connectivity index (χ0n) is 15.7. The van der Waals surface area contributed by atoms with Crippen LogP contribution < -0.4 is 10.6 Å². The first-order valence-corrected chi connectivity index (χ1v) is 10.2. The molecule has 5 heteroatoms. The van der Waals surface area contributed by atoms with Crippen molar-refractivity contribution in [2.75, 3.05) is 0 Å². The van der Waals surface area contributed by atoms with Gasteiger partial charge in [-0.2, -0.15) is 0 Å². The molecule has 4 nitrogen and oxygen atoms in total. The third-order valence-electron chi connectivity index (χ3n) is 5.20. The normalized spacial score (nSPS) is 14.6. The van der Waals surface area contributed by atoms with Crippen LogP contribution in [0.2, 0.25) is 0 Å². The Morgan fingerprint density at radius 1 is 0.964 bits per heavy atom. The van der Waals surface area contributed by atoms with E-state index in [0.717, 1.165) is 35.0 Å². The van der Waals surface area contributed by atoms with Gasteiger partial charge in [0.2, 0.25) is 0 Å². The molecule has 28 heavy (non-hydrogen) atoms. The lowest BCUT2D eigenvalue weighted by molar-refractivity contribution is 0.0978. The van der Waals surface area contributed by atoms with Crippen LogP contribution in [0.25, 0.3) is 22.2 Å². The van der Waals surface area contributed by atoms with Crippen LogP contribution >= 0.6 is 12.2 Å². The molecule has 1 aliphatic carbocycles. The molecular formula is C23H23N3OS. The average molecular weight is 390 g/mol. The standard InChI is InChI=1S/C23H23N3OS/c27-22(26-23(28)24-17-11-5-2-6-12-17)19-15-21(16-9-3-1-4-10-16)25-20-14-8-7-13-18(19)20/h1,3-4,7-10,13-15,17H,2,5-6,11-12H2,(H2,24,26,27,28). The Labute approximate surface area is 170 Å². The van der Waals surface area contributed by atoms with Gasteiger partial charge in [0, 0.05) is 17.0 Å². The Morgan fingerprint density at radius 3 is 2.46 bits per heavy atom. The maximum atomic E-state index is 13.0. The van der Waals surface area contributed by atoms with Crippen LogP contribution in [0, 0.1) is 0 Å². The van der Waals surface area contributed by atoms with E-state index in [1.807, 2.05) is 60.7 Å². The largest absolute Gasteiger partial charge is 0.360 e. The fourth-order valence-corrected chi connectivity index (χ4v) is 4.02. The van der Waals surface area contributed by atoms with Crippen LogP contribution in [0.1, 0.15) is 42.5 Å². The number of rotatable bonds is 3. The summed E-state index contributed by atoms with van der Waals surface area (Å²) in [6.07, 6.45) is 5.91. The summed E-state index contributed by atoms with van der Waals surface area (Å²) in [6.45, 7) is 0. The van der Waals surface area contributed by atoms with Crippen LogP contribution in [0.5, 0.6) is 0 Å². The van der Waals surface area contributed by atoms with Crippen molar-refractivity contribution in [3.05, 3.63) is 66.2 Å². The Hall–Kier alpha value is -2.79. The van der Waals surface area contributed by atoms with E-state index in [0.29, 0.717) is 16.7 Å². The zero-order chi connectivity index (χ0) is 19.3. The van der Waals surface area contributed by atoms with E-state index in [1.54, 1.807) is 0 Å². The highest BCUT2D eigenvalue weighted by atomic mass is 32.1. The molecule has 2 aromatic carbocycles. The van der Waals surface area contributed by atoms with Crippen LogP contribution in [-0.2, 0) is 0 Å². The van der Waals surface area contributed by atoms with Gasteiger partial charge in [0.1, 0.15) is 0 Å². The Kier molecular flexibility index (Phi) is 5.63. The Bertz CT molecular complexity index is 997. The molecule has 1 heterocycles. The second kappa shape index (κ2) is 8.48. The van der Waals surface area contributed by atoms with Crippen molar-refractivity contribution in [2.24, 2.45) is 0 Å². The van der Waals surface area contributed by atoms with E-state index in [4.69, 9.17) is 17.2 Å². The summed E-state index contributed by atoms with van der Waals surface area (Å²) >= 11 is 5.40. The van der Waals surface area contributed by atoms with Gasteiger partial charge in [-0.25, -0.2) is 4.98 Å². The van der Waals surface area contributed by atoms with Crippen LogP contribution in [0.4, 0.5) is 0 Å². The number of para-hydroxylation sites is 1. The van der Waals surface area contributed by atoms with Crippen molar-refractivity contribution in [1.82, 2.24) is 15.6 Å². The SMILES string of the molecule is O=C(NC(=S)NC1CCCCC1)c1cc(-c2ccccc2)nc2ccccc12. The highest BCUT2D eigenvalue weighted by Crippen LogP contribution is 2.25. The van der Waals surface area contributed by atoms with E-state index in [1.165, 1.54) is 19.3 Å². The molecule has 1 saturated carbocycles. The maximum absolute atomic E-state index is 13.0. The Balaban J connectivity index is 1.61. The van der Waals surface area contributed by atoms with Crippen molar-refractivity contribution in [1.29, 1.82) is 0 Å². The summed E-state index contributed by atoms with van der Waals surface area (Å²) in [7, 11) is 0. The van der Waals surface area contributed by atoms with Gasteiger partial charge in [-0.1, -0.05) is 67.8 Å². The number of fused-ring (bicyclic) bond motifs is 1. The molecule has 0 aliphatic heterocycles. The summed E-state index contributed by atoms with van der Waals surface area (Å²) in [5.41, 5.74) is 3.12. The van der Waals surface area contributed by atoms with Gasteiger partial charge in [0.15, 0.2) is 5.11 Å². The molecule has 0 saturated heterocycles. The maximum Gasteiger partial charge on any atom is 0.258 e. The van der Waals surface area contributed by atoms with E-state index >= 15 is 0 Å². The van der Waals surface area contributed by atoms with Crippen LogP contribution in [0.3, 0.4) is 0 Å². The lowest BCUT2D eigenvalue weighted by Gasteiger charge is -2.24. The monoisotopic (exact) mass is 389 g/mol. The lowest BCUT2D eigenvalue weighted by Crippen LogP contribution is -2.45. The number of hydrogen-bond acceptors (Lipinski definition) is 3. The third kappa shape index (κ3) is 4.20. The van der Waals surface area contributed by atoms with Gasteiger partial charge in [0.25, 0.3) is 5.91 Å². The average Bonchev–Trinajstić information content (AvgIpc) is 2.74. The van der Waals surface area contributed by atoms with E-state index in [-0.39, 0.29) is 5.91 Å². The van der Waals surface area contributed by atoms with Gasteiger partial charge in [0.05, 0.1) is 16.8 Å². The number of carbonyl (C=O) groups is 1. The zero-order valence-corrected chi connectivity index (χ0v) is 16.5. The topological polar surface area (TPSA) is 54.0 Å². The number of pyridine rings is 1. The van der Waals surface area contributed by atoms with Gasteiger partial charge < -0.3 is 5.32 Å². The minimum Gasteiger partial charge on any atom is -0.360 e. The van der Waals surface area contributed by atoms with Crippen molar-refractivity contribution in [3.63, 3.8) is 0 Å². The first-order chi connectivity index (χ1) is 13.7. The molecule has 1 aliphatic rings. The molecule has 3 aromatic rings. The smallest absolute Gasteiger partial charge is 0.258 e. The second-order valence-corrected chi connectivity index (χ2v) is 7.61. The number of thiocarbonyl (C=S) groups is 1. The summed E-state index contributed by atoms with van der Waals surface area (Å²) in [5.74, 6) is -0.205. The summed E-state index contributed by atoms with van der Waals surface area (Å²) in [5, 5.41) is 7.39. The molecule has 1 aromatic heterocycles. The van der Waals surface area contributed by atoms with E-state index < -0.39 is 0 Å². The van der Waals surface area contributed by atoms with E-state index in [9.17, 15) is 4.79 Å². The summed E-state index contributed by atoms with van der Waals surface area (Å²) < 4.78 is 0. The first kappa shape index (κ1) is 18.6. The predicted molar refractivity (Wildman–Crippen MR) is 117 cm³/mol. The molecule has 0 atom stereocenters. The van der Waals surface area contributed by atoms with Gasteiger partial charge in [-0.3, -0.25) is 10.1 Å². The third-order valence-corrected chi connectivity index (χ3v) is 5.42. The number of aromatic nitrogens is 1. The first-order valence-electron chi connectivity index (χ1n) is 9.78. The molecule has 0 unspecified atom stereocenters. The lowest BCUT2D eigenvalue weighted by atomic mass is 9.96. The number of carbonyl (C=O) groups excluding carboxylic acids is 1. The summed E-state index contributed by atoms with van der Waals surface area (Å²) in [6, 6.07) is 19.8. The molecule has 0 spiro atoms. The quantitative estimate of drug-likeness (QED) is 0.630. The van der Waals surface area contributed by atoms with Crippen molar-refractivity contribution >= 4 is 34.1 Å². The molecule has 2 N–H and O–H groups in total. The highest BCUT2D eigenvalue weighted by molar-refractivity contribution is 7.80. The number of nitrogens with zero attached hydrogens (tertiary/aromatic N) is 1. The molecule has 0 radical (unpaired) electrons. The fourth-order valence-electron chi connectivity index (χ4n) is 3.76. The van der Waals surface area contributed by atoms with E-state index in [2.05, 4.69) is 10.6 Å². The predicted octanol–water partition coefficient (Wildman–Crippen LogP) is 4.84. The molecule has 1 amide bonds. The minimum absolute atomic E-state index is 0.205. The van der Waals surface area contributed by atoms with Gasteiger partial charge >= 0.3 is 0 Å². The van der Waals surface area contributed by atoms with Gasteiger partial charge in [-0.05, 0) is 37.2 Å². The van der Waals surface area contributed by atoms with Crippen molar-refractivity contribution in [3.8, 4) is 11.3 Å². The number of amides is 1. The number of hydrogen-bond donors (Lipinski definition) is 2.